The number of nitrogens with zero attached hydrogens (tertiary/aromatic N) is 1. The van der Waals surface area contributed by atoms with Crippen molar-refractivity contribution in [2.24, 2.45) is 0 Å². The molecule has 3 rings (SSSR count). The molecule has 0 amide bonds. The largest absolute Gasteiger partial charge is 0.382 e. The van der Waals surface area contributed by atoms with E-state index in [9.17, 15) is 10.1 Å². The van der Waals surface area contributed by atoms with Crippen molar-refractivity contribution in [3.63, 3.8) is 0 Å². The van der Waals surface area contributed by atoms with Gasteiger partial charge in [0.15, 0.2) is 0 Å². The SMILES string of the molecule is O=[N+]([O-])c1cccc(NC2CC(c3ccccc3)C2)c1. The standard InChI is InChI=1S/C16H16N2O2/c19-18(20)16-8-4-7-14(11-16)17-15-9-13(10-15)12-5-2-1-3-6-12/h1-8,11,13,15,17H,9-10H2. The summed E-state index contributed by atoms with van der Waals surface area (Å²) >= 11 is 0. The Morgan fingerprint density at radius 1 is 1.05 bits per heavy atom. The number of rotatable bonds is 4. The molecule has 20 heavy (non-hydrogen) atoms. The van der Waals surface area contributed by atoms with Crippen LogP contribution in [-0.4, -0.2) is 11.0 Å². The summed E-state index contributed by atoms with van der Waals surface area (Å²) in [5, 5.41) is 14.1. The van der Waals surface area contributed by atoms with Crippen LogP contribution in [0.25, 0.3) is 0 Å². The van der Waals surface area contributed by atoms with Crippen LogP contribution in [-0.2, 0) is 0 Å². The van der Waals surface area contributed by atoms with Gasteiger partial charge in [-0.1, -0.05) is 36.4 Å². The van der Waals surface area contributed by atoms with Gasteiger partial charge < -0.3 is 5.32 Å². The molecule has 102 valence electrons. The number of non-ortho nitro benzene ring substituents is 1. The van der Waals surface area contributed by atoms with Gasteiger partial charge in [-0.2, -0.15) is 0 Å². The molecule has 1 aliphatic rings. The first-order valence-electron chi connectivity index (χ1n) is 6.78. The summed E-state index contributed by atoms with van der Waals surface area (Å²) in [5.74, 6) is 0.604. The second-order valence-corrected chi connectivity index (χ2v) is 5.23. The molecular weight excluding hydrogens is 252 g/mol. The first-order valence-corrected chi connectivity index (χ1v) is 6.78. The van der Waals surface area contributed by atoms with E-state index in [1.807, 2.05) is 12.1 Å². The minimum atomic E-state index is -0.362. The summed E-state index contributed by atoms with van der Waals surface area (Å²) < 4.78 is 0. The molecule has 2 aromatic carbocycles. The van der Waals surface area contributed by atoms with Crippen LogP contribution in [0.3, 0.4) is 0 Å². The van der Waals surface area contributed by atoms with Gasteiger partial charge in [0, 0.05) is 23.9 Å². The Morgan fingerprint density at radius 2 is 1.80 bits per heavy atom. The Hall–Kier alpha value is -2.36. The normalized spacial score (nSPS) is 21.0. The van der Waals surface area contributed by atoms with E-state index in [0.29, 0.717) is 12.0 Å². The van der Waals surface area contributed by atoms with Crippen LogP contribution in [0.1, 0.15) is 24.3 Å². The lowest BCUT2D eigenvalue weighted by atomic mass is 9.76. The van der Waals surface area contributed by atoms with E-state index in [1.165, 1.54) is 11.6 Å². The maximum atomic E-state index is 10.7. The topological polar surface area (TPSA) is 55.2 Å². The molecule has 0 spiro atoms. The van der Waals surface area contributed by atoms with Crippen LogP contribution >= 0.6 is 0 Å². The van der Waals surface area contributed by atoms with Gasteiger partial charge in [-0.3, -0.25) is 10.1 Å². The zero-order valence-corrected chi connectivity index (χ0v) is 11.0. The molecule has 0 atom stereocenters. The Labute approximate surface area is 117 Å². The molecule has 0 aromatic heterocycles. The lowest BCUT2D eigenvalue weighted by Crippen LogP contribution is -2.33. The van der Waals surface area contributed by atoms with Crippen molar-refractivity contribution in [1.82, 2.24) is 0 Å². The number of hydrogen-bond donors (Lipinski definition) is 1. The molecule has 4 heteroatoms. The lowest BCUT2D eigenvalue weighted by molar-refractivity contribution is -0.384. The van der Waals surface area contributed by atoms with Crippen molar-refractivity contribution in [1.29, 1.82) is 0 Å². The smallest absolute Gasteiger partial charge is 0.271 e. The molecule has 0 radical (unpaired) electrons. The molecule has 1 N–H and O–H groups in total. The third kappa shape index (κ3) is 2.64. The van der Waals surface area contributed by atoms with Crippen LogP contribution < -0.4 is 5.32 Å². The van der Waals surface area contributed by atoms with E-state index in [0.717, 1.165) is 18.5 Å². The van der Waals surface area contributed by atoms with E-state index < -0.39 is 0 Å². The average molecular weight is 268 g/mol. The van der Waals surface area contributed by atoms with Gasteiger partial charge in [0.2, 0.25) is 0 Å². The van der Waals surface area contributed by atoms with E-state index in [-0.39, 0.29) is 10.6 Å². The second-order valence-electron chi connectivity index (χ2n) is 5.23. The number of nitro groups is 1. The number of nitrogens with one attached hydrogen (secondary N) is 1. The van der Waals surface area contributed by atoms with Gasteiger partial charge in [0.05, 0.1) is 4.92 Å². The summed E-state index contributed by atoms with van der Waals surface area (Å²) in [6.45, 7) is 0. The number of anilines is 1. The number of hydrogen-bond acceptors (Lipinski definition) is 3. The first kappa shape index (κ1) is 12.7. The van der Waals surface area contributed by atoms with E-state index in [4.69, 9.17) is 0 Å². The summed E-state index contributed by atoms with van der Waals surface area (Å²) in [4.78, 5) is 10.4. The van der Waals surface area contributed by atoms with Gasteiger partial charge in [-0.05, 0) is 30.4 Å². The first-order chi connectivity index (χ1) is 9.72. The molecule has 2 aromatic rings. The fourth-order valence-electron chi connectivity index (χ4n) is 2.68. The van der Waals surface area contributed by atoms with E-state index >= 15 is 0 Å². The highest BCUT2D eigenvalue weighted by molar-refractivity contribution is 5.52. The summed E-state index contributed by atoms with van der Waals surface area (Å²) in [6.07, 6.45) is 2.15. The molecule has 1 fully saturated rings. The van der Waals surface area contributed by atoms with Crippen molar-refractivity contribution < 1.29 is 4.92 Å². The molecular formula is C16H16N2O2. The van der Waals surface area contributed by atoms with Crippen molar-refractivity contribution in [2.45, 2.75) is 24.8 Å². The predicted molar refractivity (Wildman–Crippen MR) is 78.9 cm³/mol. The molecule has 0 aliphatic heterocycles. The van der Waals surface area contributed by atoms with Crippen molar-refractivity contribution in [2.75, 3.05) is 5.32 Å². The van der Waals surface area contributed by atoms with Gasteiger partial charge >= 0.3 is 0 Å². The Bertz CT molecular complexity index is 607. The monoisotopic (exact) mass is 268 g/mol. The van der Waals surface area contributed by atoms with Crippen LogP contribution in [0, 0.1) is 10.1 Å². The molecule has 0 saturated heterocycles. The summed E-state index contributed by atoms with van der Waals surface area (Å²) in [7, 11) is 0. The maximum Gasteiger partial charge on any atom is 0.271 e. The molecule has 1 saturated carbocycles. The van der Waals surface area contributed by atoms with Crippen molar-refractivity contribution in [3.05, 3.63) is 70.3 Å². The third-order valence-electron chi connectivity index (χ3n) is 3.84. The predicted octanol–water partition coefficient (Wildman–Crippen LogP) is 3.95. The van der Waals surface area contributed by atoms with Gasteiger partial charge in [-0.15, -0.1) is 0 Å². The molecule has 0 heterocycles. The van der Waals surface area contributed by atoms with Crippen LogP contribution in [0.2, 0.25) is 0 Å². The Morgan fingerprint density at radius 3 is 2.50 bits per heavy atom. The highest BCUT2D eigenvalue weighted by Gasteiger charge is 2.30. The number of benzene rings is 2. The zero-order valence-electron chi connectivity index (χ0n) is 11.0. The third-order valence-corrected chi connectivity index (χ3v) is 3.84. The fourth-order valence-corrected chi connectivity index (χ4v) is 2.68. The lowest BCUT2D eigenvalue weighted by Gasteiger charge is -2.36. The molecule has 4 nitrogen and oxygen atoms in total. The molecule has 0 unspecified atom stereocenters. The maximum absolute atomic E-state index is 10.7. The molecule has 1 aliphatic carbocycles. The number of nitro benzene ring substituents is 1. The minimum Gasteiger partial charge on any atom is -0.382 e. The minimum absolute atomic E-state index is 0.133. The average Bonchev–Trinajstić information content (AvgIpc) is 2.43. The van der Waals surface area contributed by atoms with Gasteiger partial charge in [0.25, 0.3) is 5.69 Å². The quantitative estimate of drug-likeness (QED) is 0.674. The summed E-state index contributed by atoms with van der Waals surface area (Å²) in [6, 6.07) is 17.6. The highest BCUT2D eigenvalue weighted by atomic mass is 16.6. The highest BCUT2D eigenvalue weighted by Crippen LogP contribution is 2.38. The van der Waals surface area contributed by atoms with Crippen molar-refractivity contribution in [3.8, 4) is 0 Å². The van der Waals surface area contributed by atoms with E-state index in [2.05, 4.69) is 29.6 Å². The molecule has 0 bridgehead atoms. The van der Waals surface area contributed by atoms with Crippen LogP contribution in [0.5, 0.6) is 0 Å². The van der Waals surface area contributed by atoms with E-state index in [1.54, 1.807) is 12.1 Å². The van der Waals surface area contributed by atoms with Crippen LogP contribution in [0.15, 0.2) is 54.6 Å². The van der Waals surface area contributed by atoms with Crippen molar-refractivity contribution >= 4 is 11.4 Å². The zero-order chi connectivity index (χ0) is 13.9. The summed E-state index contributed by atoms with van der Waals surface area (Å²) in [5.41, 5.74) is 2.34. The second kappa shape index (κ2) is 5.33. The Balaban J connectivity index is 1.59. The van der Waals surface area contributed by atoms with Crippen LogP contribution in [0.4, 0.5) is 11.4 Å². The van der Waals surface area contributed by atoms with Gasteiger partial charge in [0.1, 0.15) is 0 Å². The Kier molecular flexibility index (Phi) is 3.37. The fraction of sp³-hybridized carbons (Fsp3) is 0.250. The van der Waals surface area contributed by atoms with Gasteiger partial charge in [-0.25, -0.2) is 0 Å².